The second-order valence-corrected chi connectivity index (χ2v) is 6.72. The van der Waals surface area contributed by atoms with Crippen molar-refractivity contribution >= 4 is 11.3 Å². The Morgan fingerprint density at radius 1 is 0.750 bits per heavy atom. The minimum Gasteiger partial charge on any atom is -0.497 e. The van der Waals surface area contributed by atoms with Gasteiger partial charge in [0.05, 0.1) is 13.7 Å². The second-order valence-electron chi connectivity index (χ2n) is 5.70. The Kier molecular flexibility index (Phi) is 4.91. The van der Waals surface area contributed by atoms with Crippen LogP contribution in [0.2, 0.25) is 0 Å². The summed E-state index contributed by atoms with van der Waals surface area (Å²) in [6, 6.07) is 16.6. The van der Waals surface area contributed by atoms with Crippen LogP contribution in [-0.2, 0) is 0 Å². The standard InChI is InChI=1S/C21H22O2S/c1-5-23-19-12-8-17(9-13-19)21-15(3)14(2)20(24-21)16-6-10-18(22-4)11-7-16/h6-13H,5H2,1-4H3. The minimum atomic E-state index is 0.693. The van der Waals surface area contributed by atoms with Crippen LogP contribution in [0.15, 0.2) is 48.5 Å². The first-order valence-corrected chi connectivity index (χ1v) is 8.93. The van der Waals surface area contributed by atoms with Crippen molar-refractivity contribution in [1.82, 2.24) is 0 Å². The van der Waals surface area contributed by atoms with Crippen LogP contribution in [-0.4, -0.2) is 13.7 Å². The minimum absolute atomic E-state index is 0.693. The Bertz CT molecular complexity index is 814. The summed E-state index contributed by atoms with van der Waals surface area (Å²) in [5, 5.41) is 0. The Morgan fingerprint density at radius 3 is 1.62 bits per heavy atom. The molecule has 3 heteroatoms. The molecule has 24 heavy (non-hydrogen) atoms. The molecule has 0 radical (unpaired) electrons. The molecule has 0 unspecified atom stereocenters. The smallest absolute Gasteiger partial charge is 0.119 e. The fraction of sp³-hybridized carbons (Fsp3) is 0.238. The molecule has 0 N–H and O–H groups in total. The van der Waals surface area contributed by atoms with E-state index in [2.05, 4.69) is 38.1 Å². The Labute approximate surface area is 147 Å². The van der Waals surface area contributed by atoms with Crippen molar-refractivity contribution in [1.29, 1.82) is 0 Å². The molecule has 0 aliphatic heterocycles. The molecule has 1 heterocycles. The molecular formula is C21H22O2S. The maximum atomic E-state index is 5.54. The highest BCUT2D eigenvalue weighted by Gasteiger charge is 2.14. The fourth-order valence-corrected chi connectivity index (χ4v) is 4.08. The molecular weight excluding hydrogens is 316 g/mol. The van der Waals surface area contributed by atoms with E-state index < -0.39 is 0 Å². The molecule has 0 amide bonds. The number of hydrogen-bond donors (Lipinski definition) is 0. The predicted octanol–water partition coefficient (Wildman–Crippen LogP) is 6.11. The van der Waals surface area contributed by atoms with Gasteiger partial charge in [0.2, 0.25) is 0 Å². The molecule has 0 saturated heterocycles. The summed E-state index contributed by atoms with van der Waals surface area (Å²) in [4.78, 5) is 2.64. The van der Waals surface area contributed by atoms with E-state index in [1.54, 1.807) is 7.11 Å². The molecule has 0 aliphatic rings. The van der Waals surface area contributed by atoms with Crippen molar-refractivity contribution in [3.63, 3.8) is 0 Å². The van der Waals surface area contributed by atoms with Gasteiger partial charge in [0, 0.05) is 9.75 Å². The van der Waals surface area contributed by atoms with Crippen molar-refractivity contribution in [2.75, 3.05) is 13.7 Å². The highest BCUT2D eigenvalue weighted by atomic mass is 32.1. The monoisotopic (exact) mass is 338 g/mol. The molecule has 2 nitrogen and oxygen atoms in total. The first-order chi connectivity index (χ1) is 11.6. The topological polar surface area (TPSA) is 18.5 Å². The highest BCUT2D eigenvalue weighted by molar-refractivity contribution is 7.19. The summed E-state index contributed by atoms with van der Waals surface area (Å²) in [6.45, 7) is 7.09. The molecule has 0 aliphatic carbocycles. The van der Waals surface area contributed by atoms with Crippen molar-refractivity contribution in [2.45, 2.75) is 20.8 Å². The van der Waals surface area contributed by atoms with E-state index in [0.29, 0.717) is 6.61 Å². The van der Waals surface area contributed by atoms with Gasteiger partial charge in [0.1, 0.15) is 11.5 Å². The van der Waals surface area contributed by atoms with Crippen molar-refractivity contribution < 1.29 is 9.47 Å². The number of thiophene rings is 1. The molecule has 1 aromatic heterocycles. The normalized spacial score (nSPS) is 10.7. The average Bonchev–Trinajstić information content (AvgIpc) is 2.92. The van der Waals surface area contributed by atoms with Gasteiger partial charge in [0.25, 0.3) is 0 Å². The van der Waals surface area contributed by atoms with Crippen LogP contribution in [0.3, 0.4) is 0 Å². The lowest BCUT2D eigenvalue weighted by atomic mass is 10.0. The number of ether oxygens (including phenoxy) is 2. The Morgan fingerprint density at radius 2 is 1.21 bits per heavy atom. The van der Waals surface area contributed by atoms with Crippen LogP contribution >= 0.6 is 11.3 Å². The maximum absolute atomic E-state index is 5.54. The van der Waals surface area contributed by atoms with Crippen LogP contribution in [0.5, 0.6) is 11.5 Å². The first kappa shape index (κ1) is 16.6. The molecule has 3 aromatic rings. The van der Waals surface area contributed by atoms with Gasteiger partial charge in [-0.25, -0.2) is 0 Å². The summed E-state index contributed by atoms with van der Waals surface area (Å²) >= 11 is 1.84. The van der Waals surface area contributed by atoms with Crippen molar-refractivity contribution in [2.24, 2.45) is 0 Å². The van der Waals surface area contributed by atoms with Crippen LogP contribution in [0.4, 0.5) is 0 Å². The number of methoxy groups -OCH3 is 1. The van der Waals surface area contributed by atoms with Gasteiger partial charge in [0.15, 0.2) is 0 Å². The second kappa shape index (κ2) is 7.10. The molecule has 0 fully saturated rings. The molecule has 0 atom stereocenters. The number of benzene rings is 2. The van der Waals surface area contributed by atoms with Gasteiger partial charge in [-0.3, -0.25) is 0 Å². The lowest BCUT2D eigenvalue weighted by Crippen LogP contribution is -1.90. The Balaban J connectivity index is 1.98. The Hall–Kier alpha value is -2.26. The van der Waals surface area contributed by atoms with E-state index in [0.717, 1.165) is 11.5 Å². The van der Waals surface area contributed by atoms with Gasteiger partial charge in [-0.1, -0.05) is 0 Å². The third-order valence-corrected chi connectivity index (χ3v) is 5.72. The van der Waals surface area contributed by atoms with Crippen molar-refractivity contribution in [3.05, 3.63) is 59.7 Å². The zero-order valence-electron chi connectivity index (χ0n) is 14.6. The third-order valence-electron chi connectivity index (χ3n) is 4.23. The van der Waals surface area contributed by atoms with Gasteiger partial charge in [-0.05, 0) is 91.6 Å². The van der Waals surface area contributed by atoms with Crippen molar-refractivity contribution in [3.8, 4) is 32.4 Å². The largest absolute Gasteiger partial charge is 0.497 e. The molecule has 124 valence electrons. The predicted molar refractivity (Wildman–Crippen MR) is 102 cm³/mol. The quantitative estimate of drug-likeness (QED) is 0.559. The van der Waals surface area contributed by atoms with Crippen LogP contribution in [0.25, 0.3) is 20.9 Å². The van der Waals surface area contributed by atoms with E-state index in [-0.39, 0.29) is 0 Å². The molecule has 3 rings (SSSR count). The molecule has 2 aromatic carbocycles. The van der Waals surface area contributed by atoms with E-state index >= 15 is 0 Å². The zero-order chi connectivity index (χ0) is 17.1. The summed E-state index contributed by atoms with van der Waals surface area (Å²) in [5.41, 5.74) is 5.16. The van der Waals surface area contributed by atoms with Crippen LogP contribution in [0, 0.1) is 13.8 Å². The fourth-order valence-electron chi connectivity index (χ4n) is 2.76. The highest BCUT2D eigenvalue weighted by Crippen LogP contribution is 2.42. The summed E-state index contributed by atoms with van der Waals surface area (Å²) in [7, 11) is 1.69. The SMILES string of the molecule is CCOc1ccc(-c2sc(-c3ccc(OC)cc3)c(C)c2C)cc1. The lowest BCUT2D eigenvalue weighted by Gasteiger charge is -2.04. The first-order valence-electron chi connectivity index (χ1n) is 8.11. The molecule has 0 spiro atoms. The molecule has 0 saturated carbocycles. The van der Waals surface area contributed by atoms with Crippen LogP contribution < -0.4 is 9.47 Å². The van der Waals surface area contributed by atoms with Gasteiger partial charge in [-0.15, -0.1) is 11.3 Å². The van der Waals surface area contributed by atoms with E-state index in [9.17, 15) is 0 Å². The zero-order valence-corrected chi connectivity index (χ0v) is 15.4. The van der Waals surface area contributed by atoms with E-state index in [4.69, 9.17) is 9.47 Å². The maximum Gasteiger partial charge on any atom is 0.119 e. The van der Waals surface area contributed by atoms with Gasteiger partial charge >= 0.3 is 0 Å². The van der Waals surface area contributed by atoms with Gasteiger partial charge in [-0.2, -0.15) is 0 Å². The summed E-state index contributed by atoms with van der Waals surface area (Å²) in [5.74, 6) is 1.80. The average molecular weight is 338 g/mol. The van der Waals surface area contributed by atoms with Crippen LogP contribution in [0.1, 0.15) is 18.1 Å². The third kappa shape index (κ3) is 3.17. The summed E-state index contributed by atoms with van der Waals surface area (Å²) < 4.78 is 10.8. The number of rotatable bonds is 5. The number of hydrogen-bond acceptors (Lipinski definition) is 3. The lowest BCUT2D eigenvalue weighted by molar-refractivity contribution is 0.340. The van der Waals surface area contributed by atoms with E-state index in [1.807, 2.05) is 42.5 Å². The summed E-state index contributed by atoms with van der Waals surface area (Å²) in [6.07, 6.45) is 0. The molecule has 0 bridgehead atoms. The van der Waals surface area contributed by atoms with Gasteiger partial charge < -0.3 is 9.47 Å². The van der Waals surface area contributed by atoms with E-state index in [1.165, 1.54) is 32.0 Å².